The summed E-state index contributed by atoms with van der Waals surface area (Å²) in [7, 11) is 4.25. The second-order valence-electron chi connectivity index (χ2n) is 7.18. The third-order valence-corrected chi connectivity index (χ3v) is 6.04. The van der Waals surface area contributed by atoms with Crippen molar-refractivity contribution in [2.45, 2.75) is 51.4 Å². The summed E-state index contributed by atoms with van der Waals surface area (Å²) >= 11 is 3.43. The number of carboxylic acids is 1. The van der Waals surface area contributed by atoms with E-state index in [2.05, 4.69) is 34.9 Å². The van der Waals surface area contributed by atoms with Crippen molar-refractivity contribution in [3.63, 3.8) is 0 Å². The van der Waals surface area contributed by atoms with Gasteiger partial charge in [0.1, 0.15) is 0 Å². The van der Waals surface area contributed by atoms with Crippen LogP contribution in [0.2, 0.25) is 0 Å². The normalized spacial score (nSPS) is 29.1. The SMILES string of the molecule is Cc1c(C(=O)O)cc(Br)c2c1OC(C)([C@H]1CC[C@H](N(C)C)CC1)O2. The first-order valence-electron chi connectivity index (χ1n) is 8.33. The summed E-state index contributed by atoms with van der Waals surface area (Å²) in [5, 5.41) is 9.36. The Hall–Kier alpha value is -1.27. The number of carboxylic acid groups (broad SMARTS) is 1. The minimum Gasteiger partial charge on any atom is -0.478 e. The van der Waals surface area contributed by atoms with E-state index in [0.29, 0.717) is 33.5 Å². The van der Waals surface area contributed by atoms with Gasteiger partial charge >= 0.3 is 5.97 Å². The third kappa shape index (κ3) is 2.90. The topological polar surface area (TPSA) is 59.0 Å². The van der Waals surface area contributed by atoms with Crippen molar-refractivity contribution < 1.29 is 19.4 Å². The molecule has 0 amide bonds. The van der Waals surface area contributed by atoms with Gasteiger partial charge in [0.05, 0.1) is 10.0 Å². The zero-order valence-electron chi connectivity index (χ0n) is 14.6. The van der Waals surface area contributed by atoms with Crippen molar-refractivity contribution in [1.29, 1.82) is 0 Å². The molecule has 2 aliphatic rings. The van der Waals surface area contributed by atoms with E-state index >= 15 is 0 Å². The van der Waals surface area contributed by atoms with Crippen molar-refractivity contribution in [2.75, 3.05) is 14.1 Å². The Morgan fingerprint density at radius 2 is 1.83 bits per heavy atom. The number of rotatable bonds is 3. The molecule has 0 spiro atoms. The summed E-state index contributed by atoms with van der Waals surface area (Å²) in [5.41, 5.74) is 0.858. The molecule has 0 saturated heterocycles. The van der Waals surface area contributed by atoms with Crippen molar-refractivity contribution >= 4 is 21.9 Å². The minimum absolute atomic E-state index is 0.241. The Kier molecular flexibility index (Phi) is 4.55. The number of hydrogen-bond donors (Lipinski definition) is 1. The van der Waals surface area contributed by atoms with Gasteiger partial charge < -0.3 is 19.5 Å². The number of fused-ring (bicyclic) bond motifs is 1. The molecule has 1 atom stereocenters. The van der Waals surface area contributed by atoms with Crippen LogP contribution in [0.25, 0.3) is 0 Å². The highest BCUT2D eigenvalue weighted by molar-refractivity contribution is 9.10. The molecular weight excluding hydrogens is 374 g/mol. The Bertz CT molecular complexity index is 667. The van der Waals surface area contributed by atoms with Gasteiger partial charge in [-0.3, -0.25) is 0 Å². The predicted molar refractivity (Wildman–Crippen MR) is 94.9 cm³/mol. The van der Waals surface area contributed by atoms with Crippen LogP contribution < -0.4 is 9.47 Å². The smallest absolute Gasteiger partial charge is 0.336 e. The average molecular weight is 398 g/mol. The quantitative estimate of drug-likeness (QED) is 0.832. The van der Waals surface area contributed by atoms with E-state index in [0.717, 1.165) is 25.7 Å². The maximum atomic E-state index is 11.4. The Balaban J connectivity index is 1.84. The van der Waals surface area contributed by atoms with Crippen LogP contribution in [0.5, 0.6) is 11.5 Å². The summed E-state index contributed by atoms with van der Waals surface area (Å²) < 4.78 is 13.0. The monoisotopic (exact) mass is 397 g/mol. The van der Waals surface area contributed by atoms with Crippen molar-refractivity contribution in [2.24, 2.45) is 5.92 Å². The summed E-state index contributed by atoms with van der Waals surface area (Å²) in [6, 6.07) is 2.20. The maximum Gasteiger partial charge on any atom is 0.336 e. The highest BCUT2D eigenvalue weighted by atomic mass is 79.9. The van der Waals surface area contributed by atoms with Gasteiger partial charge in [0.2, 0.25) is 0 Å². The third-order valence-electron chi connectivity index (χ3n) is 5.45. The second-order valence-corrected chi connectivity index (χ2v) is 8.04. The Labute approximate surface area is 151 Å². The van der Waals surface area contributed by atoms with Crippen LogP contribution in [0.3, 0.4) is 0 Å². The van der Waals surface area contributed by atoms with Gasteiger partial charge in [0.15, 0.2) is 11.5 Å². The summed E-state index contributed by atoms with van der Waals surface area (Å²) in [4.78, 5) is 13.7. The summed E-state index contributed by atoms with van der Waals surface area (Å²) in [5.74, 6) is -0.224. The summed E-state index contributed by atoms with van der Waals surface area (Å²) in [6.45, 7) is 3.74. The van der Waals surface area contributed by atoms with Crippen LogP contribution in [0.1, 0.15) is 48.5 Å². The highest BCUT2D eigenvalue weighted by Crippen LogP contribution is 2.51. The molecule has 6 heteroatoms. The second kappa shape index (κ2) is 6.23. The van der Waals surface area contributed by atoms with Gasteiger partial charge in [-0.25, -0.2) is 4.79 Å². The van der Waals surface area contributed by atoms with Gasteiger partial charge in [-0.1, -0.05) is 0 Å². The lowest BCUT2D eigenvalue weighted by Gasteiger charge is -2.39. The highest BCUT2D eigenvalue weighted by Gasteiger charge is 2.47. The molecule has 1 aromatic carbocycles. The minimum atomic E-state index is -0.959. The number of hydrogen-bond acceptors (Lipinski definition) is 4. The van der Waals surface area contributed by atoms with E-state index < -0.39 is 11.8 Å². The Morgan fingerprint density at radius 3 is 2.38 bits per heavy atom. The first-order valence-corrected chi connectivity index (χ1v) is 9.13. The molecule has 5 nitrogen and oxygen atoms in total. The largest absolute Gasteiger partial charge is 0.478 e. The fourth-order valence-corrected chi connectivity index (χ4v) is 4.34. The molecule has 3 rings (SSSR count). The van der Waals surface area contributed by atoms with E-state index in [9.17, 15) is 9.90 Å². The number of benzene rings is 1. The number of nitrogens with zero attached hydrogens (tertiary/aromatic N) is 1. The van der Waals surface area contributed by atoms with E-state index in [4.69, 9.17) is 9.47 Å². The first kappa shape index (κ1) is 17.5. The fourth-order valence-electron chi connectivity index (χ4n) is 3.85. The molecule has 0 radical (unpaired) electrons. The lowest BCUT2D eigenvalue weighted by atomic mass is 9.81. The standard InChI is InChI=1S/C18H24BrNO4/c1-10-13(17(21)22)9-14(19)16-15(10)23-18(2,24-16)11-5-7-12(8-6-11)20(3)4/h9,11-12H,5-8H2,1-4H3,(H,21,22)/t11-,12-,18?. The number of halogens is 1. The molecule has 1 N–H and O–H groups in total. The van der Waals surface area contributed by atoms with Crippen LogP contribution in [0.4, 0.5) is 0 Å². The molecule has 1 aliphatic carbocycles. The van der Waals surface area contributed by atoms with Gasteiger partial charge in [0, 0.05) is 24.4 Å². The lowest BCUT2D eigenvalue weighted by molar-refractivity contribution is -0.123. The lowest BCUT2D eigenvalue weighted by Crippen LogP contribution is -2.46. The van der Waals surface area contributed by atoms with Crippen LogP contribution in [-0.2, 0) is 0 Å². The number of aromatic carboxylic acids is 1. The maximum absolute atomic E-state index is 11.4. The molecular formula is C18H24BrNO4. The van der Waals surface area contributed by atoms with Crippen LogP contribution in [0, 0.1) is 12.8 Å². The molecule has 0 bridgehead atoms. The van der Waals surface area contributed by atoms with E-state index in [-0.39, 0.29) is 5.56 Å². The first-order chi connectivity index (χ1) is 11.2. The molecule has 132 valence electrons. The van der Waals surface area contributed by atoms with E-state index in [1.165, 1.54) is 0 Å². The molecule has 1 fully saturated rings. The number of ether oxygens (including phenoxy) is 2. The van der Waals surface area contributed by atoms with Gasteiger partial charge in [-0.05, 0) is 68.7 Å². The van der Waals surface area contributed by atoms with E-state index in [1.54, 1.807) is 13.0 Å². The molecule has 24 heavy (non-hydrogen) atoms. The number of carbonyl (C=O) groups is 1. The molecule has 0 aromatic heterocycles. The zero-order valence-corrected chi connectivity index (χ0v) is 16.1. The Morgan fingerprint density at radius 1 is 1.25 bits per heavy atom. The van der Waals surface area contributed by atoms with Crippen molar-refractivity contribution in [1.82, 2.24) is 4.90 Å². The molecule has 1 unspecified atom stereocenters. The van der Waals surface area contributed by atoms with Crippen molar-refractivity contribution in [3.05, 3.63) is 21.7 Å². The zero-order chi connectivity index (χ0) is 17.6. The average Bonchev–Trinajstić information content (AvgIpc) is 2.91. The van der Waals surface area contributed by atoms with Crippen LogP contribution in [0.15, 0.2) is 10.5 Å². The van der Waals surface area contributed by atoms with Crippen LogP contribution >= 0.6 is 15.9 Å². The fraction of sp³-hybridized carbons (Fsp3) is 0.611. The van der Waals surface area contributed by atoms with Gasteiger partial charge in [0.25, 0.3) is 5.79 Å². The molecule has 1 aromatic rings. The van der Waals surface area contributed by atoms with E-state index in [1.807, 2.05) is 6.92 Å². The van der Waals surface area contributed by atoms with Crippen molar-refractivity contribution in [3.8, 4) is 11.5 Å². The van der Waals surface area contributed by atoms with Crippen LogP contribution in [-0.4, -0.2) is 41.9 Å². The molecule has 1 aliphatic heterocycles. The molecule has 1 heterocycles. The van der Waals surface area contributed by atoms with Gasteiger partial charge in [-0.2, -0.15) is 0 Å². The summed E-state index contributed by atoms with van der Waals surface area (Å²) in [6.07, 6.45) is 4.32. The molecule has 1 saturated carbocycles. The van der Waals surface area contributed by atoms with Gasteiger partial charge in [-0.15, -0.1) is 0 Å². The predicted octanol–water partition coefficient (Wildman–Crippen LogP) is 4.06.